The minimum Gasteiger partial charge on any atom is -0.312 e. The number of carbonyl (C=O) groups is 2. The molecule has 0 fully saturated rings. The molecule has 2 heterocycles. The van der Waals surface area contributed by atoms with Gasteiger partial charge in [-0.05, 0) is 61.2 Å². The fourth-order valence-corrected chi connectivity index (χ4v) is 4.29. The minimum atomic E-state index is 0.0449. The second-order valence-electron chi connectivity index (χ2n) is 7.81. The van der Waals surface area contributed by atoms with Crippen molar-refractivity contribution in [1.29, 1.82) is 5.26 Å². The van der Waals surface area contributed by atoms with Gasteiger partial charge in [0.15, 0.2) is 5.78 Å². The number of hydrogen-bond donors (Lipinski definition) is 0. The van der Waals surface area contributed by atoms with E-state index in [1.165, 1.54) is 11.1 Å². The number of ketones is 1. The van der Waals surface area contributed by atoms with E-state index in [0.717, 1.165) is 50.1 Å². The van der Waals surface area contributed by atoms with Crippen molar-refractivity contribution in [1.82, 2.24) is 4.90 Å². The number of nitriles is 1. The van der Waals surface area contributed by atoms with Gasteiger partial charge in [0.25, 0.3) is 0 Å². The number of para-hydroxylation sites is 1. The zero-order valence-corrected chi connectivity index (χ0v) is 16.6. The summed E-state index contributed by atoms with van der Waals surface area (Å²) in [5.74, 6) is 0.103. The summed E-state index contributed by atoms with van der Waals surface area (Å²) >= 11 is 0. The topological polar surface area (TPSA) is 64.4 Å². The number of rotatable bonds is 5. The molecule has 5 nitrogen and oxygen atoms in total. The van der Waals surface area contributed by atoms with E-state index in [-0.39, 0.29) is 11.7 Å². The Hall–Kier alpha value is -2.97. The number of anilines is 1. The normalized spacial score (nSPS) is 16.7. The smallest absolute Gasteiger partial charge is 0.227 e. The molecule has 2 aromatic carbocycles. The predicted octanol–water partition coefficient (Wildman–Crippen LogP) is 3.71. The summed E-state index contributed by atoms with van der Waals surface area (Å²) in [7, 11) is 0. The molecule has 0 unspecified atom stereocenters. The SMILES string of the molecule is N#Cc1ccc2c(c1)CCN(CCCCN1C(=O)CCC(=O)c3ccccc31)C2. The summed E-state index contributed by atoms with van der Waals surface area (Å²) < 4.78 is 0. The Kier molecular flexibility index (Phi) is 5.73. The predicted molar refractivity (Wildman–Crippen MR) is 112 cm³/mol. The van der Waals surface area contributed by atoms with E-state index in [0.29, 0.717) is 24.9 Å². The third-order valence-corrected chi connectivity index (χ3v) is 5.89. The standard InChI is InChI=1S/C24H25N3O2/c25-16-18-7-8-20-17-26(14-11-19(20)15-18)12-3-4-13-27-22-6-2-1-5-21(22)23(28)9-10-24(27)29/h1-2,5-8,15H,3-4,9-14,17H2. The van der Waals surface area contributed by atoms with Gasteiger partial charge in [-0.2, -0.15) is 5.26 Å². The van der Waals surface area contributed by atoms with Crippen LogP contribution in [0.3, 0.4) is 0 Å². The highest BCUT2D eigenvalue weighted by atomic mass is 16.2. The van der Waals surface area contributed by atoms with Crippen molar-refractivity contribution in [2.24, 2.45) is 0 Å². The van der Waals surface area contributed by atoms with Crippen molar-refractivity contribution >= 4 is 17.4 Å². The highest BCUT2D eigenvalue weighted by Gasteiger charge is 2.26. The number of Topliss-reactive ketones (excluding diaryl/α,β-unsaturated/α-hetero) is 1. The lowest BCUT2D eigenvalue weighted by Crippen LogP contribution is -2.33. The molecule has 1 amide bonds. The second kappa shape index (κ2) is 8.59. The molecule has 2 aliphatic rings. The van der Waals surface area contributed by atoms with E-state index < -0.39 is 0 Å². The molecule has 0 radical (unpaired) electrons. The highest BCUT2D eigenvalue weighted by molar-refractivity contribution is 6.10. The maximum Gasteiger partial charge on any atom is 0.227 e. The molecule has 0 saturated carbocycles. The van der Waals surface area contributed by atoms with Gasteiger partial charge < -0.3 is 4.90 Å². The van der Waals surface area contributed by atoms with Crippen LogP contribution in [0.25, 0.3) is 0 Å². The van der Waals surface area contributed by atoms with E-state index in [1.54, 1.807) is 4.90 Å². The molecule has 0 atom stereocenters. The van der Waals surface area contributed by atoms with Crippen LogP contribution in [0, 0.1) is 11.3 Å². The Morgan fingerprint density at radius 3 is 2.62 bits per heavy atom. The van der Waals surface area contributed by atoms with Crippen LogP contribution in [-0.4, -0.2) is 36.2 Å². The van der Waals surface area contributed by atoms with E-state index in [1.807, 2.05) is 36.4 Å². The van der Waals surface area contributed by atoms with E-state index in [9.17, 15) is 9.59 Å². The molecule has 0 saturated heterocycles. The van der Waals surface area contributed by atoms with Crippen molar-refractivity contribution in [3.05, 3.63) is 64.7 Å². The molecular formula is C24H25N3O2. The van der Waals surface area contributed by atoms with Crippen molar-refractivity contribution in [3.63, 3.8) is 0 Å². The quantitative estimate of drug-likeness (QED) is 0.734. The summed E-state index contributed by atoms with van der Waals surface area (Å²) in [4.78, 5) is 29.1. The lowest BCUT2D eigenvalue weighted by molar-refractivity contribution is -0.118. The average Bonchev–Trinajstić information content (AvgIpc) is 2.88. The summed E-state index contributed by atoms with van der Waals surface area (Å²) in [5, 5.41) is 9.05. The summed E-state index contributed by atoms with van der Waals surface area (Å²) in [6.07, 6.45) is 3.48. The van der Waals surface area contributed by atoms with Gasteiger partial charge in [0.05, 0.1) is 17.3 Å². The largest absolute Gasteiger partial charge is 0.312 e. The zero-order valence-electron chi connectivity index (χ0n) is 16.6. The number of nitrogens with zero attached hydrogens (tertiary/aromatic N) is 3. The van der Waals surface area contributed by atoms with Gasteiger partial charge in [-0.25, -0.2) is 0 Å². The van der Waals surface area contributed by atoms with Crippen LogP contribution in [0.15, 0.2) is 42.5 Å². The highest BCUT2D eigenvalue weighted by Crippen LogP contribution is 2.27. The summed E-state index contributed by atoms with van der Waals surface area (Å²) in [6, 6.07) is 15.6. The molecule has 148 valence electrons. The number of fused-ring (bicyclic) bond motifs is 2. The van der Waals surface area contributed by atoms with Gasteiger partial charge in [-0.3, -0.25) is 14.5 Å². The average molecular weight is 387 g/mol. The Morgan fingerprint density at radius 1 is 0.931 bits per heavy atom. The van der Waals surface area contributed by atoms with Crippen LogP contribution >= 0.6 is 0 Å². The maximum absolute atomic E-state index is 12.5. The molecule has 0 bridgehead atoms. The number of unbranched alkanes of at least 4 members (excludes halogenated alkanes) is 1. The molecule has 0 N–H and O–H groups in total. The first kappa shape index (κ1) is 19.4. The Labute approximate surface area is 171 Å². The third-order valence-electron chi connectivity index (χ3n) is 5.89. The molecule has 5 heteroatoms. The monoisotopic (exact) mass is 387 g/mol. The van der Waals surface area contributed by atoms with E-state index in [4.69, 9.17) is 5.26 Å². The lowest BCUT2D eigenvalue weighted by Gasteiger charge is -2.29. The second-order valence-corrected chi connectivity index (χ2v) is 7.81. The Morgan fingerprint density at radius 2 is 1.76 bits per heavy atom. The van der Waals surface area contributed by atoms with Crippen LogP contribution in [-0.2, 0) is 17.8 Å². The van der Waals surface area contributed by atoms with Crippen LogP contribution < -0.4 is 4.90 Å². The molecule has 0 spiro atoms. The van der Waals surface area contributed by atoms with Crippen molar-refractivity contribution < 1.29 is 9.59 Å². The molecule has 4 rings (SSSR count). The lowest BCUT2D eigenvalue weighted by atomic mass is 9.97. The van der Waals surface area contributed by atoms with E-state index in [2.05, 4.69) is 17.0 Å². The Bertz CT molecular complexity index is 976. The van der Waals surface area contributed by atoms with Gasteiger partial charge in [0.2, 0.25) is 5.91 Å². The summed E-state index contributed by atoms with van der Waals surface area (Å²) in [5.41, 5.74) is 4.77. The van der Waals surface area contributed by atoms with Gasteiger partial charge in [-0.1, -0.05) is 18.2 Å². The van der Waals surface area contributed by atoms with Crippen LogP contribution in [0.2, 0.25) is 0 Å². The zero-order chi connectivity index (χ0) is 20.2. The minimum absolute atomic E-state index is 0.0449. The van der Waals surface area contributed by atoms with Gasteiger partial charge in [-0.15, -0.1) is 0 Å². The number of carbonyl (C=O) groups excluding carboxylic acids is 2. The van der Waals surface area contributed by atoms with E-state index >= 15 is 0 Å². The van der Waals surface area contributed by atoms with Gasteiger partial charge in [0.1, 0.15) is 0 Å². The van der Waals surface area contributed by atoms with Crippen LogP contribution in [0.5, 0.6) is 0 Å². The number of hydrogen-bond acceptors (Lipinski definition) is 4. The molecule has 2 aliphatic heterocycles. The first-order chi connectivity index (χ1) is 14.2. The van der Waals surface area contributed by atoms with Gasteiger partial charge in [0, 0.05) is 38.0 Å². The fourth-order valence-electron chi connectivity index (χ4n) is 4.29. The molecule has 0 aromatic heterocycles. The van der Waals surface area contributed by atoms with Crippen LogP contribution in [0.1, 0.15) is 52.7 Å². The fraction of sp³-hybridized carbons (Fsp3) is 0.375. The third kappa shape index (κ3) is 4.23. The molecule has 2 aromatic rings. The van der Waals surface area contributed by atoms with Crippen molar-refractivity contribution in [2.75, 3.05) is 24.5 Å². The van der Waals surface area contributed by atoms with Crippen molar-refractivity contribution in [3.8, 4) is 6.07 Å². The molecular weight excluding hydrogens is 362 g/mol. The maximum atomic E-state index is 12.5. The Balaban J connectivity index is 1.32. The number of benzene rings is 2. The van der Waals surface area contributed by atoms with Gasteiger partial charge >= 0.3 is 0 Å². The number of amides is 1. The molecule has 29 heavy (non-hydrogen) atoms. The summed E-state index contributed by atoms with van der Waals surface area (Å²) in [6.45, 7) is 3.56. The van der Waals surface area contributed by atoms with Crippen molar-refractivity contribution in [2.45, 2.75) is 38.6 Å². The first-order valence-electron chi connectivity index (χ1n) is 10.3. The first-order valence-corrected chi connectivity index (χ1v) is 10.3. The van der Waals surface area contributed by atoms with Crippen LogP contribution in [0.4, 0.5) is 5.69 Å². The molecule has 0 aliphatic carbocycles.